The lowest BCUT2D eigenvalue weighted by molar-refractivity contribution is -0.115. The first-order valence-corrected chi connectivity index (χ1v) is 11.7. The van der Waals surface area contributed by atoms with E-state index in [0.29, 0.717) is 6.54 Å². The third-order valence-corrected chi connectivity index (χ3v) is 6.01. The molecule has 166 valence electrons. The van der Waals surface area contributed by atoms with Crippen molar-refractivity contribution in [1.29, 1.82) is 0 Å². The first-order chi connectivity index (χ1) is 15.0. The fourth-order valence-corrected chi connectivity index (χ4v) is 4.26. The van der Waals surface area contributed by atoms with Crippen LogP contribution >= 0.6 is 11.8 Å². The summed E-state index contributed by atoms with van der Waals surface area (Å²) in [6.45, 7) is 2.69. The maximum atomic E-state index is 12.2. The molecule has 0 saturated heterocycles. The zero-order chi connectivity index (χ0) is 22.1. The summed E-state index contributed by atoms with van der Waals surface area (Å²) in [6, 6.07) is 18.0. The van der Waals surface area contributed by atoms with Gasteiger partial charge in [-0.05, 0) is 41.5 Å². The molecule has 2 aromatic rings. The van der Waals surface area contributed by atoms with Crippen molar-refractivity contribution in [2.75, 3.05) is 11.9 Å². The van der Waals surface area contributed by atoms with Crippen LogP contribution < -0.4 is 21.7 Å². The molecule has 0 radical (unpaired) electrons. The summed E-state index contributed by atoms with van der Waals surface area (Å²) in [6.07, 6.45) is 2.74. The molecule has 0 aromatic heterocycles. The topological polar surface area (TPSA) is 99.4 Å². The van der Waals surface area contributed by atoms with Crippen LogP contribution in [0.2, 0.25) is 0 Å². The average Bonchev–Trinajstić information content (AvgIpc) is 3.18. The first-order valence-electron chi connectivity index (χ1n) is 10.7. The van der Waals surface area contributed by atoms with E-state index in [-0.39, 0.29) is 23.9 Å². The van der Waals surface area contributed by atoms with E-state index in [1.165, 1.54) is 17.3 Å². The third kappa shape index (κ3) is 7.70. The Bertz CT molecular complexity index is 858. The number of benzene rings is 2. The molecule has 1 heterocycles. The van der Waals surface area contributed by atoms with E-state index in [9.17, 15) is 9.90 Å². The molecule has 31 heavy (non-hydrogen) atoms. The smallest absolute Gasteiger partial charge is 0.230 e. The van der Waals surface area contributed by atoms with E-state index >= 15 is 0 Å². The number of carbonyl (C=O) groups excluding carboxylic acids is 1. The molecule has 0 saturated carbocycles. The van der Waals surface area contributed by atoms with Crippen molar-refractivity contribution in [2.24, 2.45) is 5.73 Å². The van der Waals surface area contributed by atoms with Gasteiger partial charge in [-0.15, -0.1) is 0 Å². The molecule has 3 atom stereocenters. The van der Waals surface area contributed by atoms with Gasteiger partial charge in [0.2, 0.25) is 5.91 Å². The van der Waals surface area contributed by atoms with E-state index < -0.39 is 6.10 Å². The summed E-state index contributed by atoms with van der Waals surface area (Å²) in [5.41, 5.74) is 9.33. The van der Waals surface area contributed by atoms with Crippen LogP contribution in [0.5, 0.6) is 0 Å². The highest BCUT2D eigenvalue weighted by atomic mass is 32.2. The van der Waals surface area contributed by atoms with Gasteiger partial charge in [-0.1, -0.05) is 67.6 Å². The molecule has 6 N–H and O–H groups in total. The van der Waals surface area contributed by atoms with Crippen molar-refractivity contribution in [3.05, 3.63) is 76.8 Å². The summed E-state index contributed by atoms with van der Waals surface area (Å²) in [7, 11) is 0. The highest BCUT2D eigenvalue weighted by Gasteiger charge is 2.15. The van der Waals surface area contributed by atoms with Gasteiger partial charge < -0.3 is 26.8 Å². The van der Waals surface area contributed by atoms with Gasteiger partial charge in [0.25, 0.3) is 0 Å². The van der Waals surface area contributed by atoms with Gasteiger partial charge in [0.15, 0.2) is 0 Å². The Morgan fingerprint density at radius 3 is 2.58 bits per heavy atom. The molecule has 3 unspecified atom stereocenters. The zero-order valence-corrected chi connectivity index (χ0v) is 18.7. The van der Waals surface area contributed by atoms with Crippen molar-refractivity contribution in [1.82, 2.24) is 10.6 Å². The minimum absolute atomic E-state index is 0.0679. The molecular weight excluding hydrogens is 408 g/mol. The van der Waals surface area contributed by atoms with Gasteiger partial charge in [0, 0.05) is 24.0 Å². The molecule has 0 aliphatic carbocycles. The second kappa shape index (κ2) is 11.9. The lowest BCUT2D eigenvalue weighted by Crippen LogP contribution is -2.34. The number of hydrogen-bond acceptors (Lipinski definition) is 6. The number of anilines is 1. The monoisotopic (exact) mass is 440 g/mol. The van der Waals surface area contributed by atoms with E-state index in [1.54, 1.807) is 0 Å². The van der Waals surface area contributed by atoms with Gasteiger partial charge in [0.1, 0.15) is 5.50 Å². The van der Waals surface area contributed by atoms with Crippen LogP contribution in [-0.4, -0.2) is 29.1 Å². The lowest BCUT2D eigenvalue weighted by Gasteiger charge is -2.21. The summed E-state index contributed by atoms with van der Waals surface area (Å²) >= 11 is 1.47. The number of aliphatic hydroxyl groups excluding tert-OH is 1. The minimum Gasteiger partial charge on any atom is -0.387 e. The molecule has 0 spiro atoms. The fourth-order valence-electron chi connectivity index (χ4n) is 3.58. The van der Waals surface area contributed by atoms with Crippen LogP contribution in [0.1, 0.15) is 43.4 Å². The van der Waals surface area contributed by atoms with Crippen molar-refractivity contribution in [3.8, 4) is 0 Å². The van der Waals surface area contributed by atoms with Crippen molar-refractivity contribution < 1.29 is 9.90 Å². The van der Waals surface area contributed by atoms with Gasteiger partial charge in [-0.2, -0.15) is 0 Å². The van der Waals surface area contributed by atoms with Gasteiger partial charge in [-0.25, -0.2) is 0 Å². The first kappa shape index (κ1) is 23.3. The highest BCUT2D eigenvalue weighted by Crippen LogP contribution is 2.20. The molecule has 6 nitrogen and oxygen atoms in total. The number of carbonyl (C=O) groups is 1. The predicted molar refractivity (Wildman–Crippen MR) is 128 cm³/mol. The van der Waals surface area contributed by atoms with Gasteiger partial charge in [0.05, 0.1) is 12.5 Å². The number of nitrogens with one attached hydrogen (secondary N) is 3. The Morgan fingerprint density at radius 1 is 1.19 bits per heavy atom. The molecule has 1 aliphatic rings. The molecule has 1 aliphatic heterocycles. The Balaban J connectivity index is 1.48. The Morgan fingerprint density at radius 2 is 1.94 bits per heavy atom. The summed E-state index contributed by atoms with van der Waals surface area (Å²) in [5.74, 6) is -0.0679. The largest absolute Gasteiger partial charge is 0.387 e. The van der Waals surface area contributed by atoms with Crippen molar-refractivity contribution >= 4 is 23.4 Å². The predicted octanol–water partition coefficient (Wildman–Crippen LogP) is 3.47. The van der Waals surface area contributed by atoms with Crippen molar-refractivity contribution in [3.63, 3.8) is 0 Å². The normalized spacial score (nSPS) is 17.5. The SMILES string of the molecule is CCCC(Cc1ccc(NC(=O)CC2=CSC(N)N2)cc1)NCC(O)c1ccccc1. The lowest BCUT2D eigenvalue weighted by atomic mass is 10.0. The van der Waals surface area contributed by atoms with Crippen LogP contribution in [0.25, 0.3) is 0 Å². The number of amides is 1. The van der Waals surface area contributed by atoms with Crippen molar-refractivity contribution in [2.45, 2.75) is 50.3 Å². The quantitative estimate of drug-likeness (QED) is 0.367. The van der Waals surface area contributed by atoms with Crippen LogP contribution in [0, 0.1) is 0 Å². The van der Waals surface area contributed by atoms with Crippen LogP contribution in [0.3, 0.4) is 0 Å². The van der Waals surface area contributed by atoms with Crippen LogP contribution in [0.15, 0.2) is 65.7 Å². The van der Waals surface area contributed by atoms with Crippen LogP contribution in [-0.2, 0) is 11.2 Å². The molecular formula is C24H32N4O2S. The standard InChI is InChI=1S/C24H32N4O2S/c1-2-6-20(26-15-22(29)18-7-4-3-5-8-18)13-17-9-11-19(12-10-17)27-23(30)14-21-16-31-24(25)28-21/h3-5,7-12,16,20,22,24,26,28-29H,2,6,13-15,25H2,1H3,(H,27,30). The third-order valence-electron chi connectivity index (χ3n) is 5.18. The molecule has 0 bridgehead atoms. The Kier molecular flexibility index (Phi) is 8.97. The van der Waals surface area contributed by atoms with E-state index in [1.807, 2.05) is 60.0 Å². The second-order valence-electron chi connectivity index (χ2n) is 7.79. The number of aliphatic hydroxyl groups is 1. The molecule has 1 amide bonds. The number of hydrogen-bond donors (Lipinski definition) is 5. The molecule has 3 rings (SSSR count). The van der Waals surface area contributed by atoms with E-state index in [4.69, 9.17) is 5.73 Å². The number of thioether (sulfide) groups is 1. The minimum atomic E-state index is -0.518. The highest BCUT2D eigenvalue weighted by molar-refractivity contribution is 8.02. The summed E-state index contributed by atoms with van der Waals surface area (Å²) in [4.78, 5) is 12.2. The zero-order valence-electron chi connectivity index (χ0n) is 17.9. The second-order valence-corrected chi connectivity index (χ2v) is 8.81. The van der Waals surface area contributed by atoms with Crippen LogP contribution in [0.4, 0.5) is 5.69 Å². The van der Waals surface area contributed by atoms with E-state index in [2.05, 4.69) is 22.9 Å². The average molecular weight is 441 g/mol. The fraction of sp³-hybridized carbons (Fsp3) is 0.375. The number of nitrogens with two attached hydrogens (primary N) is 1. The molecule has 7 heteroatoms. The van der Waals surface area contributed by atoms with Gasteiger partial charge in [-0.3, -0.25) is 4.79 Å². The number of rotatable bonds is 11. The Labute approximate surface area is 188 Å². The molecule has 0 fully saturated rings. The maximum absolute atomic E-state index is 12.2. The summed E-state index contributed by atoms with van der Waals surface area (Å²) in [5, 5.41) is 21.8. The maximum Gasteiger partial charge on any atom is 0.230 e. The Hall–Kier alpha value is -2.32. The van der Waals surface area contributed by atoms with Gasteiger partial charge >= 0.3 is 0 Å². The molecule has 2 aromatic carbocycles. The van der Waals surface area contributed by atoms with E-state index in [0.717, 1.165) is 36.2 Å². The summed E-state index contributed by atoms with van der Waals surface area (Å²) < 4.78 is 0.